The first-order valence-corrected chi connectivity index (χ1v) is 4.88. The molecule has 0 aromatic heterocycles. The lowest BCUT2D eigenvalue weighted by atomic mass is 10.1. The van der Waals surface area contributed by atoms with E-state index in [1.54, 1.807) is 0 Å². The van der Waals surface area contributed by atoms with Gasteiger partial charge in [-0.25, -0.2) is 0 Å². The minimum absolute atomic E-state index is 0.0153. The molecule has 0 amide bonds. The van der Waals surface area contributed by atoms with E-state index < -0.39 is 0 Å². The van der Waals surface area contributed by atoms with E-state index in [4.69, 9.17) is 4.74 Å². The van der Waals surface area contributed by atoms with Gasteiger partial charge in [-0.15, -0.1) is 0 Å². The van der Waals surface area contributed by atoms with Crippen LogP contribution in [0.25, 0.3) is 0 Å². The SMILES string of the molecule is CC(C)(C)NCC(=O)OCC1CC1. The zero-order chi connectivity index (χ0) is 9.90. The lowest BCUT2D eigenvalue weighted by molar-refractivity contribution is -0.143. The topological polar surface area (TPSA) is 38.3 Å². The Hall–Kier alpha value is -0.570. The average molecular weight is 185 g/mol. The van der Waals surface area contributed by atoms with E-state index in [2.05, 4.69) is 5.32 Å². The van der Waals surface area contributed by atoms with Crippen LogP contribution in [0.3, 0.4) is 0 Å². The van der Waals surface area contributed by atoms with Crippen LogP contribution < -0.4 is 5.32 Å². The van der Waals surface area contributed by atoms with Crippen molar-refractivity contribution >= 4 is 5.97 Å². The van der Waals surface area contributed by atoms with Gasteiger partial charge in [0.1, 0.15) is 0 Å². The van der Waals surface area contributed by atoms with E-state index in [0.717, 1.165) is 0 Å². The van der Waals surface area contributed by atoms with Crippen LogP contribution in [-0.2, 0) is 9.53 Å². The van der Waals surface area contributed by atoms with Crippen molar-refractivity contribution in [2.45, 2.75) is 39.2 Å². The molecule has 1 fully saturated rings. The van der Waals surface area contributed by atoms with Gasteiger partial charge in [0.15, 0.2) is 0 Å². The zero-order valence-electron chi connectivity index (χ0n) is 8.72. The summed E-state index contributed by atoms with van der Waals surface area (Å²) < 4.78 is 5.06. The number of hydrogen-bond acceptors (Lipinski definition) is 3. The average Bonchev–Trinajstić information content (AvgIpc) is 2.78. The molecule has 1 saturated carbocycles. The minimum atomic E-state index is -0.137. The monoisotopic (exact) mass is 185 g/mol. The smallest absolute Gasteiger partial charge is 0.319 e. The fourth-order valence-electron chi connectivity index (χ4n) is 0.884. The number of ether oxygens (including phenoxy) is 1. The molecule has 0 atom stereocenters. The summed E-state index contributed by atoms with van der Waals surface area (Å²) in [4.78, 5) is 11.1. The summed E-state index contributed by atoms with van der Waals surface area (Å²) >= 11 is 0. The Morgan fingerprint density at radius 3 is 2.54 bits per heavy atom. The molecular formula is C10H19NO2. The fourth-order valence-corrected chi connectivity index (χ4v) is 0.884. The van der Waals surface area contributed by atoms with Gasteiger partial charge >= 0.3 is 5.97 Å². The molecule has 0 aliphatic heterocycles. The van der Waals surface area contributed by atoms with E-state index in [-0.39, 0.29) is 11.5 Å². The first kappa shape index (κ1) is 10.5. The van der Waals surface area contributed by atoms with Gasteiger partial charge in [0.05, 0.1) is 13.2 Å². The third-order valence-electron chi connectivity index (χ3n) is 1.94. The molecule has 0 bridgehead atoms. The summed E-state index contributed by atoms with van der Waals surface area (Å²) in [5.41, 5.74) is -0.0153. The highest BCUT2D eigenvalue weighted by atomic mass is 16.5. The van der Waals surface area contributed by atoms with Gasteiger partial charge in [-0.05, 0) is 39.5 Å². The van der Waals surface area contributed by atoms with Gasteiger partial charge in [0.25, 0.3) is 0 Å². The van der Waals surface area contributed by atoms with Gasteiger partial charge in [-0.1, -0.05) is 0 Å². The maximum Gasteiger partial charge on any atom is 0.319 e. The number of esters is 1. The maximum absolute atomic E-state index is 11.1. The Balaban J connectivity index is 2.03. The van der Waals surface area contributed by atoms with Gasteiger partial charge < -0.3 is 10.1 Å². The highest BCUT2D eigenvalue weighted by molar-refractivity contribution is 5.71. The molecule has 76 valence electrons. The van der Waals surface area contributed by atoms with Crippen LogP contribution in [0.15, 0.2) is 0 Å². The summed E-state index contributed by atoms with van der Waals surface area (Å²) in [6.07, 6.45) is 2.44. The van der Waals surface area contributed by atoms with Crippen LogP contribution >= 0.6 is 0 Å². The van der Waals surface area contributed by atoms with Crippen LogP contribution in [0.5, 0.6) is 0 Å². The minimum Gasteiger partial charge on any atom is -0.464 e. The molecule has 0 spiro atoms. The standard InChI is InChI=1S/C10H19NO2/c1-10(2,3)11-6-9(12)13-7-8-4-5-8/h8,11H,4-7H2,1-3H3. The summed E-state index contributed by atoms with van der Waals surface area (Å²) in [5, 5.41) is 3.09. The van der Waals surface area contributed by atoms with Gasteiger partial charge in [-0.2, -0.15) is 0 Å². The molecule has 1 N–H and O–H groups in total. The van der Waals surface area contributed by atoms with Crippen molar-refractivity contribution in [2.24, 2.45) is 5.92 Å². The van der Waals surface area contributed by atoms with Crippen LogP contribution in [0.2, 0.25) is 0 Å². The molecule has 0 aromatic rings. The summed E-state index contributed by atoms with van der Waals surface area (Å²) in [7, 11) is 0. The number of hydrogen-bond donors (Lipinski definition) is 1. The molecule has 3 nitrogen and oxygen atoms in total. The lowest BCUT2D eigenvalue weighted by Crippen LogP contribution is -2.40. The molecule has 1 rings (SSSR count). The molecule has 0 heterocycles. The van der Waals surface area contributed by atoms with Crippen molar-refractivity contribution in [3.8, 4) is 0 Å². The largest absolute Gasteiger partial charge is 0.464 e. The Morgan fingerprint density at radius 1 is 1.46 bits per heavy atom. The molecular weight excluding hydrogens is 166 g/mol. The molecule has 0 radical (unpaired) electrons. The number of rotatable bonds is 4. The van der Waals surface area contributed by atoms with Crippen molar-refractivity contribution in [2.75, 3.05) is 13.2 Å². The van der Waals surface area contributed by atoms with Crippen LogP contribution in [0.4, 0.5) is 0 Å². The normalized spacial score (nSPS) is 17.2. The molecule has 0 saturated heterocycles. The van der Waals surface area contributed by atoms with Crippen molar-refractivity contribution in [1.82, 2.24) is 5.32 Å². The van der Waals surface area contributed by atoms with Gasteiger partial charge in [-0.3, -0.25) is 4.79 Å². The van der Waals surface area contributed by atoms with Crippen LogP contribution in [-0.4, -0.2) is 24.7 Å². The molecule has 1 aliphatic rings. The molecule has 3 heteroatoms. The Kier molecular flexibility index (Phi) is 3.31. The first-order valence-electron chi connectivity index (χ1n) is 4.88. The van der Waals surface area contributed by atoms with Crippen LogP contribution in [0, 0.1) is 5.92 Å². The molecule has 0 aromatic carbocycles. The Morgan fingerprint density at radius 2 is 2.08 bits per heavy atom. The number of nitrogens with one attached hydrogen (secondary N) is 1. The highest BCUT2D eigenvalue weighted by Gasteiger charge is 2.23. The van der Waals surface area contributed by atoms with E-state index in [9.17, 15) is 4.79 Å². The van der Waals surface area contributed by atoms with Gasteiger partial charge in [0.2, 0.25) is 0 Å². The molecule has 1 aliphatic carbocycles. The van der Waals surface area contributed by atoms with E-state index in [0.29, 0.717) is 19.1 Å². The summed E-state index contributed by atoms with van der Waals surface area (Å²) in [6, 6.07) is 0. The zero-order valence-corrected chi connectivity index (χ0v) is 8.72. The second-order valence-electron chi connectivity index (χ2n) is 4.73. The number of carbonyl (C=O) groups excluding carboxylic acids is 1. The predicted molar refractivity (Wildman–Crippen MR) is 51.4 cm³/mol. The van der Waals surface area contributed by atoms with Crippen molar-refractivity contribution in [3.05, 3.63) is 0 Å². The van der Waals surface area contributed by atoms with E-state index in [1.807, 2.05) is 20.8 Å². The fraction of sp³-hybridized carbons (Fsp3) is 0.900. The molecule has 13 heavy (non-hydrogen) atoms. The van der Waals surface area contributed by atoms with E-state index in [1.165, 1.54) is 12.8 Å². The summed E-state index contributed by atoms with van der Waals surface area (Å²) in [5.74, 6) is 0.514. The quantitative estimate of drug-likeness (QED) is 0.671. The lowest BCUT2D eigenvalue weighted by Gasteiger charge is -2.19. The summed E-state index contributed by atoms with van der Waals surface area (Å²) in [6.45, 7) is 7.02. The highest BCUT2D eigenvalue weighted by Crippen LogP contribution is 2.28. The van der Waals surface area contributed by atoms with Gasteiger partial charge in [0, 0.05) is 5.54 Å². The second kappa shape index (κ2) is 4.09. The first-order chi connectivity index (χ1) is 5.97. The van der Waals surface area contributed by atoms with Crippen LogP contribution in [0.1, 0.15) is 33.6 Å². The number of carbonyl (C=O) groups is 1. The third-order valence-corrected chi connectivity index (χ3v) is 1.94. The predicted octanol–water partition coefficient (Wildman–Crippen LogP) is 1.33. The molecule has 0 unspecified atom stereocenters. The second-order valence-corrected chi connectivity index (χ2v) is 4.73. The Labute approximate surface area is 79.8 Å². The van der Waals surface area contributed by atoms with Crippen molar-refractivity contribution < 1.29 is 9.53 Å². The Bertz CT molecular complexity index is 180. The van der Waals surface area contributed by atoms with Crippen molar-refractivity contribution in [3.63, 3.8) is 0 Å². The third kappa shape index (κ3) is 5.64. The van der Waals surface area contributed by atoms with E-state index >= 15 is 0 Å². The van der Waals surface area contributed by atoms with Crippen molar-refractivity contribution in [1.29, 1.82) is 0 Å². The maximum atomic E-state index is 11.1.